The molecule has 1 unspecified atom stereocenters. The highest BCUT2D eigenvalue weighted by Gasteiger charge is 2.26. The zero-order valence-electron chi connectivity index (χ0n) is 16.4. The van der Waals surface area contributed by atoms with Gasteiger partial charge in [0.25, 0.3) is 0 Å². The fraction of sp³-hybridized carbons (Fsp3) is 0.455. The summed E-state index contributed by atoms with van der Waals surface area (Å²) in [5, 5.41) is 0. The second-order valence-electron chi connectivity index (χ2n) is 7.71. The van der Waals surface area contributed by atoms with Crippen LogP contribution in [0.15, 0.2) is 47.4 Å². The van der Waals surface area contributed by atoms with E-state index in [0.717, 1.165) is 36.8 Å². The highest BCUT2D eigenvalue weighted by Crippen LogP contribution is 2.26. The quantitative estimate of drug-likeness (QED) is 0.783. The van der Waals surface area contributed by atoms with Gasteiger partial charge in [0.2, 0.25) is 10.0 Å². The molecule has 1 N–H and O–H groups in total. The Morgan fingerprint density at radius 1 is 1.03 bits per heavy atom. The number of ether oxygens (including phenoxy) is 1. The Bertz CT molecular complexity index is 958. The molecule has 0 radical (unpaired) electrons. The van der Waals surface area contributed by atoms with Gasteiger partial charge >= 0.3 is 0 Å². The van der Waals surface area contributed by atoms with Crippen LogP contribution in [-0.4, -0.2) is 46.2 Å². The summed E-state index contributed by atoms with van der Waals surface area (Å²) in [5.74, 6) is -0.321. The molecular weight excluding hydrogens is 391 g/mol. The van der Waals surface area contributed by atoms with Gasteiger partial charge in [0.05, 0.1) is 18.1 Å². The van der Waals surface area contributed by atoms with E-state index in [9.17, 15) is 12.8 Å². The molecule has 5 nitrogen and oxygen atoms in total. The van der Waals surface area contributed by atoms with Gasteiger partial charge in [-0.15, -0.1) is 0 Å². The summed E-state index contributed by atoms with van der Waals surface area (Å²) in [6, 6.07) is 11.6. The Morgan fingerprint density at radius 2 is 1.79 bits per heavy atom. The van der Waals surface area contributed by atoms with Crippen molar-refractivity contribution in [3.63, 3.8) is 0 Å². The topological polar surface area (TPSA) is 58.6 Å². The fourth-order valence-electron chi connectivity index (χ4n) is 4.21. The van der Waals surface area contributed by atoms with Crippen LogP contribution in [0.5, 0.6) is 0 Å². The van der Waals surface area contributed by atoms with E-state index in [2.05, 4.69) is 9.62 Å². The number of nitrogens with zero attached hydrogens (tertiary/aromatic N) is 1. The molecule has 0 saturated carbocycles. The number of aryl methyl sites for hydroxylation is 2. The highest BCUT2D eigenvalue weighted by atomic mass is 32.2. The number of benzene rings is 2. The van der Waals surface area contributed by atoms with Gasteiger partial charge in [-0.25, -0.2) is 17.5 Å². The molecule has 1 heterocycles. The van der Waals surface area contributed by atoms with Crippen LogP contribution in [-0.2, 0) is 27.6 Å². The van der Waals surface area contributed by atoms with Crippen LogP contribution in [0.3, 0.4) is 0 Å². The smallest absolute Gasteiger partial charge is 0.240 e. The van der Waals surface area contributed by atoms with Gasteiger partial charge in [-0.3, -0.25) is 4.90 Å². The largest absolute Gasteiger partial charge is 0.379 e. The molecule has 0 bridgehead atoms. The van der Waals surface area contributed by atoms with Gasteiger partial charge in [-0.05, 0) is 66.6 Å². The van der Waals surface area contributed by atoms with Crippen LogP contribution in [0.25, 0.3) is 0 Å². The van der Waals surface area contributed by atoms with Crippen molar-refractivity contribution in [3.8, 4) is 0 Å². The molecule has 1 atom stereocenters. The van der Waals surface area contributed by atoms with Crippen molar-refractivity contribution in [2.24, 2.45) is 0 Å². The van der Waals surface area contributed by atoms with Crippen molar-refractivity contribution in [2.75, 3.05) is 32.8 Å². The zero-order valence-corrected chi connectivity index (χ0v) is 17.3. The third-order valence-electron chi connectivity index (χ3n) is 5.82. The first kappa shape index (κ1) is 20.5. The molecule has 2 aromatic rings. The second kappa shape index (κ2) is 8.92. The third kappa shape index (κ3) is 4.86. The number of rotatable bonds is 6. The predicted molar refractivity (Wildman–Crippen MR) is 110 cm³/mol. The molecular formula is C22H27FN2O3S. The van der Waals surface area contributed by atoms with E-state index in [-0.39, 0.29) is 18.4 Å². The van der Waals surface area contributed by atoms with E-state index in [4.69, 9.17) is 4.74 Å². The average molecular weight is 419 g/mol. The van der Waals surface area contributed by atoms with Gasteiger partial charge in [-0.1, -0.05) is 18.2 Å². The van der Waals surface area contributed by atoms with Crippen LogP contribution in [0.4, 0.5) is 4.39 Å². The Morgan fingerprint density at radius 3 is 2.55 bits per heavy atom. The summed E-state index contributed by atoms with van der Waals surface area (Å²) in [7, 11) is -3.65. The van der Waals surface area contributed by atoms with Crippen LogP contribution < -0.4 is 4.72 Å². The Kier molecular flexibility index (Phi) is 6.29. The first-order chi connectivity index (χ1) is 14.0. The lowest BCUT2D eigenvalue weighted by molar-refractivity contribution is 0.0171. The molecule has 0 amide bonds. The van der Waals surface area contributed by atoms with Crippen LogP contribution in [0, 0.1) is 5.82 Å². The zero-order chi connectivity index (χ0) is 20.3. The van der Waals surface area contributed by atoms with Gasteiger partial charge in [0, 0.05) is 25.7 Å². The summed E-state index contributed by atoms with van der Waals surface area (Å²) >= 11 is 0. The molecule has 2 aromatic carbocycles. The van der Waals surface area contributed by atoms with Crippen molar-refractivity contribution in [3.05, 3.63) is 65.0 Å². The van der Waals surface area contributed by atoms with Crippen molar-refractivity contribution < 1.29 is 17.5 Å². The van der Waals surface area contributed by atoms with E-state index >= 15 is 0 Å². The molecule has 0 aromatic heterocycles. The third-order valence-corrected chi connectivity index (χ3v) is 7.24. The second-order valence-corrected chi connectivity index (χ2v) is 9.48. The standard InChI is InChI=1S/C22H27FN2O3S/c23-20-7-3-6-19(14-20)22(25-10-12-28-13-11-25)16-24-29(26,27)21-9-8-17-4-1-2-5-18(17)15-21/h3,6-9,14-15,22,24H,1-2,4-5,10-13,16H2. The van der Waals surface area contributed by atoms with Crippen LogP contribution in [0.1, 0.15) is 35.6 Å². The SMILES string of the molecule is O=S(=O)(NCC(c1cccc(F)c1)N1CCOCC1)c1ccc2c(c1)CCCC2. The molecule has 1 aliphatic carbocycles. The number of sulfonamides is 1. The number of morpholine rings is 1. The first-order valence-corrected chi connectivity index (χ1v) is 11.7. The van der Waals surface area contributed by atoms with Crippen molar-refractivity contribution in [2.45, 2.75) is 36.6 Å². The molecule has 4 rings (SSSR count). The molecule has 1 aliphatic heterocycles. The lowest BCUT2D eigenvalue weighted by atomic mass is 9.92. The van der Waals surface area contributed by atoms with E-state index < -0.39 is 10.0 Å². The number of fused-ring (bicyclic) bond motifs is 1. The van der Waals surface area contributed by atoms with Gasteiger partial charge in [0.1, 0.15) is 5.82 Å². The summed E-state index contributed by atoms with van der Waals surface area (Å²) in [6.07, 6.45) is 4.20. The lowest BCUT2D eigenvalue weighted by Crippen LogP contribution is -2.43. The maximum Gasteiger partial charge on any atom is 0.240 e. The monoisotopic (exact) mass is 418 g/mol. The van der Waals surface area contributed by atoms with Crippen molar-refractivity contribution in [1.82, 2.24) is 9.62 Å². The summed E-state index contributed by atoms with van der Waals surface area (Å²) in [4.78, 5) is 2.45. The van der Waals surface area contributed by atoms with Crippen LogP contribution in [0.2, 0.25) is 0 Å². The van der Waals surface area contributed by atoms with Gasteiger partial charge < -0.3 is 4.74 Å². The highest BCUT2D eigenvalue weighted by molar-refractivity contribution is 7.89. The van der Waals surface area contributed by atoms with E-state index in [1.54, 1.807) is 12.1 Å². The molecule has 0 spiro atoms. The minimum absolute atomic E-state index is 0.183. The van der Waals surface area contributed by atoms with E-state index in [0.29, 0.717) is 31.2 Å². The molecule has 1 fully saturated rings. The predicted octanol–water partition coefficient (Wildman–Crippen LogP) is 3.06. The normalized spacial score (nSPS) is 18.9. The number of nitrogens with one attached hydrogen (secondary N) is 1. The Hall–Kier alpha value is -1.80. The molecule has 156 valence electrons. The summed E-state index contributed by atoms with van der Waals surface area (Å²) < 4.78 is 47.9. The van der Waals surface area contributed by atoms with Gasteiger partial charge in [-0.2, -0.15) is 0 Å². The number of hydrogen-bond acceptors (Lipinski definition) is 4. The lowest BCUT2D eigenvalue weighted by Gasteiger charge is -2.35. The first-order valence-electron chi connectivity index (χ1n) is 10.2. The fourth-order valence-corrected chi connectivity index (χ4v) is 5.30. The van der Waals surface area contributed by atoms with Crippen molar-refractivity contribution >= 4 is 10.0 Å². The molecule has 7 heteroatoms. The minimum Gasteiger partial charge on any atom is -0.379 e. The Balaban J connectivity index is 1.54. The van der Waals surface area contributed by atoms with E-state index in [1.165, 1.54) is 17.7 Å². The van der Waals surface area contributed by atoms with Crippen molar-refractivity contribution in [1.29, 1.82) is 0 Å². The van der Waals surface area contributed by atoms with Crippen LogP contribution >= 0.6 is 0 Å². The van der Waals surface area contributed by atoms with Gasteiger partial charge in [0.15, 0.2) is 0 Å². The Labute approximate surface area is 171 Å². The maximum absolute atomic E-state index is 13.8. The van der Waals surface area contributed by atoms with E-state index in [1.807, 2.05) is 18.2 Å². The summed E-state index contributed by atoms with van der Waals surface area (Å²) in [6.45, 7) is 2.72. The summed E-state index contributed by atoms with van der Waals surface area (Å²) in [5.41, 5.74) is 3.15. The minimum atomic E-state index is -3.65. The maximum atomic E-state index is 13.8. The average Bonchev–Trinajstić information content (AvgIpc) is 2.74. The number of hydrogen-bond donors (Lipinski definition) is 1. The molecule has 2 aliphatic rings. The number of halogens is 1. The molecule has 29 heavy (non-hydrogen) atoms. The molecule has 1 saturated heterocycles.